The lowest BCUT2D eigenvalue weighted by Crippen LogP contribution is -2.12. The number of hydrogen-bond donors (Lipinski definition) is 2. The Labute approximate surface area is 176 Å². The van der Waals surface area contributed by atoms with Crippen LogP contribution < -0.4 is 0 Å². The number of sulfone groups is 1. The number of rotatable bonds is 11. The molecule has 0 spiro atoms. The third-order valence-electron chi connectivity index (χ3n) is 5.46. The van der Waals surface area contributed by atoms with E-state index < -0.39 is 15.1 Å². The minimum atomic E-state index is -3.56. The van der Waals surface area contributed by atoms with Crippen LogP contribution in [0.15, 0.2) is 34.3 Å². The first-order chi connectivity index (χ1) is 13.7. The van der Waals surface area contributed by atoms with Crippen molar-refractivity contribution in [2.45, 2.75) is 95.6 Å². The summed E-state index contributed by atoms with van der Waals surface area (Å²) >= 11 is 0. The molecule has 0 unspecified atom stereocenters. The largest absolute Gasteiger partial charge is 0.508 e. The highest BCUT2D eigenvalue weighted by Crippen LogP contribution is 2.43. The van der Waals surface area contributed by atoms with Gasteiger partial charge in [0.2, 0.25) is 0 Å². The number of phenols is 2. The molecule has 2 rings (SSSR count). The maximum Gasteiger partial charge on any atom is 0.185 e. The van der Waals surface area contributed by atoms with Gasteiger partial charge in [0.05, 0.1) is 5.25 Å². The molecule has 1 fully saturated rings. The van der Waals surface area contributed by atoms with E-state index in [1.807, 2.05) is 13.0 Å². The summed E-state index contributed by atoms with van der Waals surface area (Å²) in [7, 11) is -3.56. The zero-order chi connectivity index (χ0) is 21.6. The molecule has 0 aromatic heterocycles. The van der Waals surface area contributed by atoms with Crippen LogP contribution in [0, 0.1) is 0 Å². The molecule has 1 aromatic rings. The Balaban J connectivity index is 2.34. The molecule has 2 N–H and O–H groups in total. The maximum atomic E-state index is 13.0. The molecule has 0 radical (unpaired) electrons. The van der Waals surface area contributed by atoms with E-state index >= 15 is 0 Å². The molecular weight excluding hydrogens is 384 g/mol. The van der Waals surface area contributed by atoms with Gasteiger partial charge in [-0.15, -0.1) is 0 Å². The van der Waals surface area contributed by atoms with Crippen molar-refractivity contribution in [3.63, 3.8) is 0 Å². The second-order valence-corrected chi connectivity index (χ2v) is 10.7. The van der Waals surface area contributed by atoms with Crippen LogP contribution in [-0.4, -0.2) is 23.9 Å². The molecule has 1 aliphatic carbocycles. The molecule has 4 nitrogen and oxygen atoms in total. The van der Waals surface area contributed by atoms with Crippen LogP contribution in [0.4, 0.5) is 0 Å². The van der Waals surface area contributed by atoms with Crippen molar-refractivity contribution in [1.29, 1.82) is 0 Å². The smallest absolute Gasteiger partial charge is 0.185 e. The van der Waals surface area contributed by atoms with Crippen molar-refractivity contribution in [3.05, 3.63) is 40.5 Å². The van der Waals surface area contributed by atoms with Gasteiger partial charge in [0.1, 0.15) is 16.4 Å². The molecule has 1 aliphatic rings. The number of phenolic OH excluding ortho intramolecular Hbond substituents is 2. The maximum absolute atomic E-state index is 13.0. The summed E-state index contributed by atoms with van der Waals surface area (Å²) in [6.07, 6.45) is 11.0. The first-order valence-electron chi connectivity index (χ1n) is 10.8. The second kappa shape index (κ2) is 10.3. The fourth-order valence-electron chi connectivity index (χ4n) is 3.51. The number of hydrogen-bond acceptors (Lipinski definition) is 4. The molecule has 162 valence electrons. The van der Waals surface area contributed by atoms with Gasteiger partial charge >= 0.3 is 0 Å². The molecule has 0 heterocycles. The highest BCUT2D eigenvalue weighted by atomic mass is 32.2. The Bertz CT molecular complexity index is 871. The Kier molecular flexibility index (Phi) is 8.38. The van der Waals surface area contributed by atoms with E-state index in [2.05, 4.69) is 26.8 Å². The Morgan fingerprint density at radius 1 is 1.14 bits per heavy atom. The van der Waals surface area contributed by atoms with Gasteiger partial charge in [0, 0.05) is 5.56 Å². The van der Waals surface area contributed by atoms with E-state index in [1.165, 1.54) is 5.57 Å². The number of unbranched alkanes of at least 4 members (excludes halogenated alkanes) is 2. The summed E-state index contributed by atoms with van der Waals surface area (Å²) in [6.45, 7) is 8.25. The minimum Gasteiger partial charge on any atom is -0.508 e. The molecule has 0 amide bonds. The molecule has 0 bridgehead atoms. The van der Waals surface area contributed by atoms with Crippen molar-refractivity contribution >= 4 is 9.84 Å². The van der Waals surface area contributed by atoms with Gasteiger partial charge in [0.25, 0.3) is 0 Å². The predicted octanol–water partition coefficient (Wildman–Crippen LogP) is 6.00. The van der Waals surface area contributed by atoms with Crippen LogP contribution in [0.3, 0.4) is 0 Å². The molecule has 1 saturated carbocycles. The highest BCUT2D eigenvalue weighted by Gasteiger charge is 2.40. The summed E-state index contributed by atoms with van der Waals surface area (Å²) in [5, 5.41) is 21.1. The molecule has 5 heteroatoms. The van der Waals surface area contributed by atoms with E-state index in [0.29, 0.717) is 36.8 Å². The van der Waals surface area contributed by atoms with E-state index in [4.69, 9.17) is 0 Å². The average molecular weight is 421 g/mol. The monoisotopic (exact) mass is 420 g/mol. The summed E-state index contributed by atoms with van der Waals surface area (Å²) in [5.74, 6) is -0.270. The van der Waals surface area contributed by atoms with Crippen LogP contribution in [0.1, 0.15) is 83.8 Å². The lowest BCUT2D eigenvalue weighted by Gasteiger charge is -2.16. The molecule has 1 aromatic carbocycles. The lowest BCUT2D eigenvalue weighted by molar-refractivity contribution is 0.427. The summed E-state index contributed by atoms with van der Waals surface area (Å²) in [4.78, 5) is 0.0551. The van der Waals surface area contributed by atoms with Crippen molar-refractivity contribution in [3.8, 4) is 11.5 Å². The van der Waals surface area contributed by atoms with Gasteiger partial charge in [-0.25, -0.2) is 8.42 Å². The summed E-state index contributed by atoms with van der Waals surface area (Å²) in [5.41, 5.74) is 3.29. The topological polar surface area (TPSA) is 74.6 Å². The van der Waals surface area contributed by atoms with Gasteiger partial charge in [-0.3, -0.25) is 0 Å². The third kappa shape index (κ3) is 6.36. The standard InChI is InChI=1S/C24H36O4S/c1-5-6-7-11-19-16-22(25)21(15-12-18(4)10-8-9-17(2)3)23(26)24(19)29(27,28)20-13-14-20/h9,12,16,20,25-26H,5-8,10-11,13-15H2,1-4H3. The van der Waals surface area contributed by atoms with Crippen LogP contribution in [0.5, 0.6) is 11.5 Å². The predicted molar refractivity (Wildman–Crippen MR) is 119 cm³/mol. The van der Waals surface area contributed by atoms with Gasteiger partial charge in [-0.1, -0.05) is 43.1 Å². The lowest BCUT2D eigenvalue weighted by atomic mass is 10.00. The zero-order valence-corrected chi connectivity index (χ0v) is 19.1. The SMILES string of the molecule is CCCCCc1cc(O)c(CC=C(C)CCC=C(C)C)c(O)c1S(=O)(=O)C1CC1. The highest BCUT2D eigenvalue weighted by molar-refractivity contribution is 7.92. The van der Waals surface area contributed by atoms with Crippen molar-refractivity contribution in [2.75, 3.05) is 0 Å². The fraction of sp³-hybridized carbons (Fsp3) is 0.583. The Morgan fingerprint density at radius 3 is 2.41 bits per heavy atom. The molecule has 0 aliphatic heterocycles. The number of aryl methyl sites for hydroxylation is 1. The van der Waals surface area contributed by atoms with Gasteiger partial charge < -0.3 is 10.2 Å². The molecule has 0 saturated heterocycles. The number of allylic oxidation sites excluding steroid dienone is 4. The normalized spacial score (nSPS) is 14.8. The van der Waals surface area contributed by atoms with E-state index in [1.54, 1.807) is 6.07 Å². The quantitative estimate of drug-likeness (QED) is 0.340. The van der Waals surface area contributed by atoms with Crippen LogP contribution >= 0.6 is 0 Å². The van der Waals surface area contributed by atoms with E-state index in [0.717, 1.165) is 37.7 Å². The second-order valence-electron chi connectivity index (χ2n) is 8.49. The van der Waals surface area contributed by atoms with Gasteiger partial charge in [-0.2, -0.15) is 0 Å². The average Bonchev–Trinajstić information content (AvgIpc) is 3.46. The van der Waals surface area contributed by atoms with Crippen LogP contribution in [0.25, 0.3) is 0 Å². The Morgan fingerprint density at radius 2 is 1.83 bits per heavy atom. The zero-order valence-electron chi connectivity index (χ0n) is 18.3. The van der Waals surface area contributed by atoms with Crippen molar-refractivity contribution in [1.82, 2.24) is 0 Å². The summed E-state index contributed by atoms with van der Waals surface area (Å²) in [6, 6.07) is 1.56. The number of benzene rings is 1. The molecule has 0 atom stereocenters. The van der Waals surface area contributed by atoms with Crippen molar-refractivity contribution < 1.29 is 18.6 Å². The van der Waals surface area contributed by atoms with E-state index in [9.17, 15) is 18.6 Å². The fourth-order valence-corrected chi connectivity index (χ4v) is 5.52. The van der Waals surface area contributed by atoms with Crippen LogP contribution in [-0.2, 0) is 22.7 Å². The number of aromatic hydroxyl groups is 2. The molecular formula is C24H36O4S. The first kappa shape index (κ1) is 23.5. The van der Waals surface area contributed by atoms with Gasteiger partial charge in [0.15, 0.2) is 9.84 Å². The van der Waals surface area contributed by atoms with Gasteiger partial charge in [-0.05, 0) is 77.3 Å². The summed E-state index contributed by atoms with van der Waals surface area (Å²) < 4.78 is 26.0. The molecule has 29 heavy (non-hydrogen) atoms. The van der Waals surface area contributed by atoms with Crippen LogP contribution in [0.2, 0.25) is 0 Å². The van der Waals surface area contributed by atoms with E-state index in [-0.39, 0.29) is 16.4 Å². The van der Waals surface area contributed by atoms with Crippen molar-refractivity contribution in [2.24, 2.45) is 0 Å². The Hall–Kier alpha value is -1.75. The third-order valence-corrected chi connectivity index (χ3v) is 7.83. The minimum absolute atomic E-state index is 0.0166. The first-order valence-corrected chi connectivity index (χ1v) is 12.3.